The molecule has 10 nitrogen and oxygen atoms in total. The molecule has 2 heterocycles. The zero-order valence-electron chi connectivity index (χ0n) is 19.4. The third kappa shape index (κ3) is 5.45. The normalized spacial score (nSPS) is 19.1. The molecule has 0 radical (unpaired) electrons. The van der Waals surface area contributed by atoms with Crippen LogP contribution >= 0.6 is 0 Å². The summed E-state index contributed by atoms with van der Waals surface area (Å²) >= 11 is 0. The predicted octanol–water partition coefficient (Wildman–Crippen LogP) is 0.281. The Kier molecular flexibility index (Phi) is 8.21. The average molecular weight is 471 g/mol. The number of likely N-dealkylation sites (N-methyl/N-ethyl adjacent to an activating group) is 1. The Morgan fingerprint density at radius 2 is 1.34 bits per heavy atom. The smallest absolute Gasteiger partial charge is 0.282 e. The summed E-state index contributed by atoms with van der Waals surface area (Å²) in [7, 11) is 3.18. The summed E-state index contributed by atoms with van der Waals surface area (Å²) in [6.45, 7) is 3.94. The third-order valence-corrected chi connectivity index (χ3v) is 8.09. The molecule has 11 heteroatoms. The summed E-state index contributed by atoms with van der Waals surface area (Å²) < 4.78 is 44.9. The van der Waals surface area contributed by atoms with E-state index in [2.05, 4.69) is 4.90 Å². The Morgan fingerprint density at radius 1 is 0.844 bits per heavy atom. The van der Waals surface area contributed by atoms with E-state index in [9.17, 15) is 13.2 Å². The molecule has 0 aromatic heterocycles. The van der Waals surface area contributed by atoms with Crippen molar-refractivity contribution in [3.63, 3.8) is 0 Å². The summed E-state index contributed by atoms with van der Waals surface area (Å²) in [5.41, 5.74) is 0.907. The topological polar surface area (TPSA) is 91.9 Å². The van der Waals surface area contributed by atoms with Gasteiger partial charge in [0.05, 0.1) is 21.3 Å². The molecule has 2 fully saturated rings. The molecule has 3 rings (SSSR count). The lowest BCUT2D eigenvalue weighted by Gasteiger charge is -2.39. The highest BCUT2D eigenvalue weighted by atomic mass is 32.2. The highest BCUT2D eigenvalue weighted by molar-refractivity contribution is 7.86. The van der Waals surface area contributed by atoms with E-state index in [1.54, 1.807) is 30.5 Å². The van der Waals surface area contributed by atoms with Crippen molar-refractivity contribution in [2.45, 2.75) is 12.8 Å². The maximum Gasteiger partial charge on any atom is 0.282 e. The maximum atomic E-state index is 12.9. The minimum Gasteiger partial charge on any atom is -0.493 e. The average Bonchev–Trinajstić information content (AvgIpc) is 2.82. The van der Waals surface area contributed by atoms with Crippen LogP contribution < -0.4 is 14.2 Å². The van der Waals surface area contributed by atoms with Gasteiger partial charge in [0.25, 0.3) is 10.2 Å². The molecule has 0 atom stereocenters. The second kappa shape index (κ2) is 10.7. The van der Waals surface area contributed by atoms with Crippen LogP contribution in [0.4, 0.5) is 0 Å². The van der Waals surface area contributed by atoms with Crippen LogP contribution in [0.1, 0.15) is 12.0 Å². The van der Waals surface area contributed by atoms with Gasteiger partial charge in [-0.3, -0.25) is 4.79 Å². The summed E-state index contributed by atoms with van der Waals surface area (Å²) in [5, 5.41) is 0. The van der Waals surface area contributed by atoms with E-state index in [0.29, 0.717) is 69.4 Å². The van der Waals surface area contributed by atoms with Gasteiger partial charge in [0, 0.05) is 58.8 Å². The Bertz CT molecular complexity index is 869. The van der Waals surface area contributed by atoms with E-state index in [-0.39, 0.29) is 5.91 Å². The molecule has 2 aliphatic heterocycles. The monoisotopic (exact) mass is 470 g/mol. The number of carbonyl (C=O) groups excluding carboxylic acids is 1. The van der Waals surface area contributed by atoms with Crippen LogP contribution in [0, 0.1) is 0 Å². The van der Waals surface area contributed by atoms with Crippen LogP contribution in [-0.4, -0.2) is 113 Å². The van der Waals surface area contributed by atoms with Crippen molar-refractivity contribution >= 4 is 16.1 Å². The minimum absolute atomic E-state index is 0.00963. The van der Waals surface area contributed by atoms with E-state index in [4.69, 9.17) is 14.2 Å². The van der Waals surface area contributed by atoms with Crippen molar-refractivity contribution < 1.29 is 27.4 Å². The van der Waals surface area contributed by atoms with Crippen LogP contribution in [0.3, 0.4) is 0 Å². The molecule has 0 aliphatic carbocycles. The van der Waals surface area contributed by atoms with Crippen molar-refractivity contribution in [1.29, 1.82) is 0 Å². The summed E-state index contributed by atoms with van der Waals surface area (Å²) in [4.78, 5) is 16.6. The number of ether oxygens (including phenoxy) is 3. The molecule has 0 saturated carbocycles. The first kappa shape index (κ1) is 24.6. The second-order valence-electron chi connectivity index (χ2n) is 8.02. The van der Waals surface area contributed by atoms with Crippen LogP contribution in [0.5, 0.6) is 17.2 Å². The molecule has 0 bridgehead atoms. The Hall–Kier alpha value is -2.08. The highest BCUT2D eigenvalue weighted by Crippen LogP contribution is 2.38. The van der Waals surface area contributed by atoms with E-state index < -0.39 is 10.2 Å². The number of piperazine rings is 2. The molecule has 0 spiro atoms. The first-order valence-corrected chi connectivity index (χ1v) is 12.2. The van der Waals surface area contributed by atoms with Crippen molar-refractivity contribution in [1.82, 2.24) is 18.4 Å². The molecule has 1 aromatic rings. The number of benzene rings is 1. The number of hydrogen-bond acceptors (Lipinski definition) is 7. The molecular formula is C21H34N4O6S. The Labute approximate surface area is 190 Å². The number of amides is 1. The zero-order chi connectivity index (χ0) is 23.3. The number of hydrogen-bond donors (Lipinski definition) is 0. The number of nitrogens with zero attached hydrogens (tertiary/aromatic N) is 4. The first-order valence-electron chi connectivity index (χ1n) is 10.8. The molecule has 1 aromatic carbocycles. The van der Waals surface area contributed by atoms with E-state index >= 15 is 0 Å². The summed E-state index contributed by atoms with van der Waals surface area (Å²) in [5.74, 6) is 1.63. The highest BCUT2D eigenvalue weighted by Gasteiger charge is 2.34. The molecule has 0 N–H and O–H groups in total. The number of aryl methyl sites for hydroxylation is 1. The van der Waals surface area contributed by atoms with Gasteiger partial charge in [-0.2, -0.15) is 17.0 Å². The molecule has 2 saturated heterocycles. The maximum absolute atomic E-state index is 12.9. The van der Waals surface area contributed by atoms with Gasteiger partial charge in [-0.1, -0.05) is 0 Å². The lowest BCUT2D eigenvalue weighted by Crippen LogP contribution is -2.57. The number of methoxy groups -OCH3 is 3. The largest absolute Gasteiger partial charge is 0.493 e. The van der Waals surface area contributed by atoms with Crippen molar-refractivity contribution in [3.05, 3.63) is 17.7 Å². The number of carbonyl (C=O) groups is 1. The van der Waals surface area contributed by atoms with Gasteiger partial charge < -0.3 is 24.0 Å². The third-order valence-electron chi connectivity index (χ3n) is 6.06. The van der Waals surface area contributed by atoms with E-state index in [0.717, 1.165) is 18.7 Å². The van der Waals surface area contributed by atoms with Crippen molar-refractivity contribution in [2.75, 3.05) is 80.7 Å². The van der Waals surface area contributed by atoms with E-state index in [1.807, 2.05) is 19.2 Å². The Morgan fingerprint density at radius 3 is 1.81 bits per heavy atom. The fraction of sp³-hybridized carbons (Fsp3) is 0.667. The van der Waals surface area contributed by atoms with Crippen LogP contribution in [0.15, 0.2) is 12.1 Å². The second-order valence-corrected chi connectivity index (χ2v) is 9.95. The SMILES string of the molecule is COc1cc(CCC(=O)N2CCN(S(=O)(=O)N3CCN(C)CC3)CC2)cc(OC)c1OC. The molecule has 32 heavy (non-hydrogen) atoms. The summed E-state index contributed by atoms with van der Waals surface area (Å²) in [6, 6.07) is 3.68. The first-order chi connectivity index (χ1) is 15.3. The lowest BCUT2D eigenvalue weighted by molar-refractivity contribution is -0.132. The van der Waals surface area contributed by atoms with Gasteiger partial charge in [-0.15, -0.1) is 0 Å². The minimum atomic E-state index is -3.47. The molecule has 1 amide bonds. The fourth-order valence-electron chi connectivity index (χ4n) is 4.04. The molecular weight excluding hydrogens is 436 g/mol. The zero-order valence-corrected chi connectivity index (χ0v) is 20.2. The molecule has 2 aliphatic rings. The van der Waals surface area contributed by atoms with Gasteiger partial charge >= 0.3 is 0 Å². The van der Waals surface area contributed by atoms with Crippen LogP contribution in [0.2, 0.25) is 0 Å². The van der Waals surface area contributed by atoms with Crippen LogP contribution in [-0.2, 0) is 21.4 Å². The molecule has 180 valence electrons. The quantitative estimate of drug-likeness (QED) is 0.539. The standard InChI is InChI=1S/C21H34N4O6S/c1-22-7-11-24(12-8-22)32(27,28)25-13-9-23(10-14-25)20(26)6-5-17-15-18(29-2)21(31-4)19(16-17)30-3/h15-16H,5-14H2,1-4H3. The van der Waals surface area contributed by atoms with Gasteiger partial charge in [0.15, 0.2) is 11.5 Å². The van der Waals surface area contributed by atoms with E-state index in [1.165, 1.54) is 4.31 Å². The van der Waals surface area contributed by atoms with Crippen molar-refractivity contribution in [2.24, 2.45) is 0 Å². The van der Waals surface area contributed by atoms with Gasteiger partial charge in [-0.25, -0.2) is 0 Å². The van der Waals surface area contributed by atoms with Crippen molar-refractivity contribution in [3.8, 4) is 17.2 Å². The van der Waals surface area contributed by atoms with Crippen LogP contribution in [0.25, 0.3) is 0 Å². The van der Waals surface area contributed by atoms with Gasteiger partial charge in [0.2, 0.25) is 11.7 Å². The van der Waals surface area contributed by atoms with Gasteiger partial charge in [-0.05, 0) is 31.2 Å². The van der Waals surface area contributed by atoms with Gasteiger partial charge in [0.1, 0.15) is 0 Å². The predicted molar refractivity (Wildman–Crippen MR) is 121 cm³/mol. The fourth-order valence-corrected chi connectivity index (χ4v) is 5.62. The Balaban J connectivity index is 1.54. The lowest BCUT2D eigenvalue weighted by atomic mass is 10.1. The summed E-state index contributed by atoms with van der Waals surface area (Å²) in [6.07, 6.45) is 0.846. The number of rotatable bonds is 8. The molecule has 0 unspecified atom stereocenters.